The Kier molecular flexibility index (Phi) is 5.33. The minimum Gasteiger partial charge on any atom is -0.496 e. The molecule has 0 aliphatic rings. The lowest BCUT2D eigenvalue weighted by atomic mass is 10.0. The third-order valence-electron chi connectivity index (χ3n) is 3.05. The van der Waals surface area contributed by atoms with Gasteiger partial charge in [0, 0.05) is 0 Å². The Morgan fingerprint density at radius 1 is 1.06 bits per heavy atom. The Balaban J connectivity index is 2.66. The molecule has 2 heteroatoms. The average Bonchev–Trinajstić information content (AvgIpc) is 2.28. The van der Waals surface area contributed by atoms with Crippen LogP contribution >= 0.6 is 0 Å². The molecule has 0 aliphatic heterocycles. The first-order valence-electron chi connectivity index (χ1n) is 6.03. The van der Waals surface area contributed by atoms with Crippen molar-refractivity contribution >= 4 is 0 Å². The molecule has 0 heterocycles. The molecule has 0 radical (unpaired) electrons. The largest absolute Gasteiger partial charge is 0.496 e. The molecule has 0 aliphatic carbocycles. The number of benzene rings is 1. The number of aryl methyl sites for hydroxylation is 3. The van der Waals surface area contributed by atoms with Gasteiger partial charge in [0.1, 0.15) is 5.75 Å². The first kappa shape index (κ1) is 13.0. The first-order valence-corrected chi connectivity index (χ1v) is 6.03. The highest BCUT2D eigenvalue weighted by Gasteiger charge is 2.05. The van der Waals surface area contributed by atoms with Crippen molar-refractivity contribution in [1.82, 2.24) is 0 Å². The van der Waals surface area contributed by atoms with E-state index >= 15 is 0 Å². The van der Waals surface area contributed by atoms with Gasteiger partial charge in [-0.25, -0.2) is 0 Å². The summed E-state index contributed by atoms with van der Waals surface area (Å²) in [6, 6.07) is 4.38. The maximum Gasteiger partial charge on any atom is 0.122 e. The highest BCUT2D eigenvalue weighted by atomic mass is 16.5. The van der Waals surface area contributed by atoms with Crippen molar-refractivity contribution in [3.63, 3.8) is 0 Å². The van der Waals surface area contributed by atoms with Crippen LogP contribution in [0.5, 0.6) is 5.75 Å². The normalized spacial score (nSPS) is 10.5. The summed E-state index contributed by atoms with van der Waals surface area (Å²) in [4.78, 5) is 0. The van der Waals surface area contributed by atoms with Crippen LogP contribution in [0, 0.1) is 13.8 Å². The second-order valence-corrected chi connectivity index (χ2v) is 4.35. The van der Waals surface area contributed by atoms with Crippen molar-refractivity contribution in [3.05, 3.63) is 28.8 Å². The van der Waals surface area contributed by atoms with E-state index in [1.807, 2.05) is 0 Å². The number of ether oxygens (including phenoxy) is 1. The summed E-state index contributed by atoms with van der Waals surface area (Å²) in [5.74, 6) is 1.02. The molecule has 1 rings (SSSR count). The van der Waals surface area contributed by atoms with Gasteiger partial charge in [-0.1, -0.05) is 12.5 Å². The SMILES string of the molecule is COc1cc(C)c(C)cc1CCCCCN. The van der Waals surface area contributed by atoms with E-state index in [9.17, 15) is 0 Å². The lowest BCUT2D eigenvalue weighted by molar-refractivity contribution is 0.408. The lowest BCUT2D eigenvalue weighted by Crippen LogP contribution is -1.99. The van der Waals surface area contributed by atoms with Crippen LogP contribution in [0.25, 0.3) is 0 Å². The smallest absolute Gasteiger partial charge is 0.122 e. The molecule has 2 N–H and O–H groups in total. The van der Waals surface area contributed by atoms with Gasteiger partial charge in [-0.2, -0.15) is 0 Å². The van der Waals surface area contributed by atoms with Crippen molar-refractivity contribution in [3.8, 4) is 5.75 Å². The van der Waals surface area contributed by atoms with Gasteiger partial charge in [0.25, 0.3) is 0 Å². The Labute approximate surface area is 98.8 Å². The summed E-state index contributed by atoms with van der Waals surface area (Å²) >= 11 is 0. The average molecular weight is 221 g/mol. The molecule has 0 aromatic heterocycles. The summed E-state index contributed by atoms with van der Waals surface area (Å²) in [5, 5.41) is 0. The zero-order valence-corrected chi connectivity index (χ0v) is 10.7. The Hall–Kier alpha value is -1.02. The molecule has 0 saturated carbocycles. The van der Waals surface area contributed by atoms with Gasteiger partial charge in [-0.05, 0) is 62.4 Å². The van der Waals surface area contributed by atoms with Crippen molar-refractivity contribution in [2.75, 3.05) is 13.7 Å². The molecule has 2 nitrogen and oxygen atoms in total. The molecule has 0 saturated heterocycles. The number of hydrogen-bond acceptors (Lipinski definition) is 2. The van der Waals surface area contributed by atoms with Gasteiger partial charge in [-0.15, -0.1) is 0 Å². The van der Waals surface area contributed by atoms with E-state index < -0.39 is 0 Å². The van der Waals surface area contributed by atoms with Crippen LogP contribution in [0.4, 0.5) is 0 Å². The van der Waals surface area contributed by atoms with E-state index in [4.69, 9.17) is 10.5 Å². The topological polar surface area (TPSA) is 35.2 Å². The fourth-order valence-electron chi connectivity index (χ4n) is 1.87. The van der Waals surface area contributed by atoms with Crippen LogP contribution in [0.15, 0.2) is 12.1 Å². The Bertz CT molecular complexity index is 334. The molecule has 0 unspecified atom stereocenters. The standard InChI is InChI=1S/C14H23NO/c1-11-9-13(7-5-4-6-8-15)14(16-3)10-12(11)2/h9-10H,4-8,15H2,1-3H3. The van der Waals surface area contributed by atoms with Crippen molar-refractivity contribution in [1.29, 1.82) is 0 Å². The third kappa shape index (κ3) is 3.53. The Morgan fingerprint density at radius 2 is 1.75 bits per heavy atom. The van der Waals surface area contributed by atoms with Gasteiger partial charge in [-0.3, -0.25) is 0 Å². The van der Waals surface area contributed by atoms with E-state index in [-0.39, 0.29) is 0 Å². The number of nitrogens with two attached hydrogens (primary N) is 1. The molecule has 0 amide bonds. The van der Waals surface area contributed by atoms with Crippen LogP contribution in [-0.4, -0.2) is 13.7 Å². The molecule has 90 valence electrons. The number of methoxy groups -OCH3 is 1. The minimum absolute atomic E-state index is 0.796. The molecule has 0 bridgehead atoms. The molecule has 1 aromatic rings. The zero-order chi connectivity index (χ0) is 12.0. The van der Waals surface area contributed by atoms with Crippen molar-refractivity contribution in [2.45, 2.75) is 39.5 Å². The molecular weight excluding hydrogens is 198 g/mol. The van der Waals surface area contributed by atoms with Crippen LogP contribution in [0.3, 0.4) is 0 Å². The second-order valence-electron chi connectivity index (χ2n) is 4.35. The van der Waals surface area contributed by atoms with Gasteiger partial charge < -0.3 is 10.5 Å². The lowest BCUT2D eigenvalue weighted by Gasteiger charge is -2.11. The fourth-order valence-corrected chi connectivity index (χ4v) is 1.87. The van der Waals surface area contributed by atoms with Crippen molar-refractivity contribution < 1.29 is 4.74 Å². The van der Waals surface area contributed by atoms with Gasteiger partial charge in [0.2, 0.25) is 0 Å². The maximum absolute atomic E-state index is 5.48. The predicted octanol–water partition coefficient (Wildman–Crippen LogP) is 2.98. The van der Waals surface area contributed by atoms with Gasteiger partial charge in [0.05, 0.1) is 7.11 Å². The third-order valence-corrected chi connectivity index (χ3v) is 3.05. The molecule has 16 heavy (non-hydrogen) atoms. The predicted molar refractivity (Wildman–Crippen MR) is 69.1 cm³/mol. The summed E-state index contributed by atoms with van der Waals surface area (Å²) in [6.07, 6.45) is 4.60. The quantitative estimate of drug-likeness (QED) is 0.749. The summed E-state index contributed by atoms with van der Waals surface area (Å²) in [7, 11) is 1.74. The molecule has 0 fully saturated rings. The number of hydrogen-bond donors (Lipinski definition) is 1. The highest BCUT2D eigenvalue weighted by Crippen LogP contribution is 2.24. The van der Waals surface area contributed by atoms with Crippen LogP contribution < -0.4 is 10.5 Å². The van der Waals surface area contributed by atoms with Crippen LogP contribution in [0.1, 0.15) is 36.0 Å². The maximum atomic E-state index is 5.48. The molecule has 1 aromatic carbocycles. The van der Waals surface area contributed by atoms with E-state index in [0.717, 1.165) is 25.1 Å². The van der Waals surface area contributed by atoms with Gasteiger partial charge >= 0.3 is 0 Å². The monoisotopic (exact) mass is 221 g/mol. The van der Waals surface area contributed by atoms with Crippen molar-refractivity contribution in [2.24, 2.45) is 5.73 Å². The second kappa shape index (κ2) is 6.54. The summed E-state index contributed by atoms with van der Waals surface area (Å²) in [5.41, 5.74) is 9.44. The minimum atomic E-state index is 0.796. The van der Waals surface area contributed by atoms with Gasteiger partial charge in [0.15, 0.2) is 0 Å². The van der Waals surface area contributed by atoms with Crippen LogP contribution in [-0.2, 0) is 6.42 Å². The highest BCUT2D eigenvalue weighted by molar-refractivity contribution is 5.41. The van der Waals surface area contributed by atoms with E-state index in [0.29, 0.717) is 0 Å². The number of unbranched alkanes of at least 4 members (excludes halogenated alkanes) is 2. The molecule has 0 atom stereocenters. The van der Waals surface area contributed by atoms with Crippen LogP contribution in [0.2, 0.25) is 0 Å². The fraction of sp³-hybridized carbons (Fsp3) is 0.571. The zero-order valence-electron chi connectivity index (χ0n) is 10.7. The molecule has 0 spiro atoms. The summed E-state index contributed by atoms with van der Waals surface area (Å²) in [6.45, 7) is 5.07. The molecular formula is C14H23NO. The van der Waals surface area contributed by atoms with E-state index in [2.05, 4.69) is 26.0 Å². The Morgan fingerprint density at radius 3 is 2.38 bits per heavy atom. The van der Waals surface area contributed by atoms with E-state index in [1.54, 1.807) is 7.11 Å². The summed E-state index contributed by atoms with van der Waals surface area (Å²) < 4.78 is 5.41. The first-order chi connectivity index (χ1) is 7.69. The van der Waals surface area contributed by atoms with E-state index in [1.165, 1.54) is 29.5 Å². The number of rotatable bonds is 6.